The number of hydrogen-bond donors (Lipinski definition) is 0. The van der Waals surface area contributed by atoms with Gasteiger partial charge in [0, 0.05) is 17.6 Å². The van der Waals surface area contributed by atoms with E-state index in [2.05, 4.69) is 12.0 Å². The van der Waals surface area contributed by atoms with Crippen LogP contribution >= 0.6 is 11.3 Å². The quantitative estimate of drug-likeness (QED) is 0.610. The number of rotatable bonds is 5. The molecule has 4 heteroatoms. The highest BCUT2D eigenvalue weighted by Gasteiger charge is 2.05. The van der Waals surface area contributed by atoms with Crippen molar-refractivity contribution in [3.8, 4) is 0 Å². The molecule has 0 N–H and O–H groups in total. The van der Waals surface area contributed by atoms with Gasteiger partial charge in [-0.25, -0.2) is 0 Å². The second-order valence-electron chi connectivity index (χ2n) is 3.89. The first-order valence-electron chi connectivity index (χ1n) is 6.07. The number of aromatic nitrogens is 2. The monoisotopic (exact) mass is 260 g/mol. The summed E-state index contributed by atoms with van der Waals surface area (Å²) in [6.07, 6.45) is 6.16. The van der Waals surface area contributed by atoms with Crippen LogP contribution in [0.1, 0.15) is 34.1 Å². The topological polar surface area (TPSA) is 34.9 Å². The standard InChI is InChI=1S/C14H16N2OS/c1-3-12-6-8-14(18-12)13(17)7-5-11-9-10-15-16(11)4-2/h5-10H,3-4H2,1-2H3/b7-5+. The number of allylic oxidation sites excluding steroid dienone is 1. The molecule has 0 radical (unpaired) electrons. The minimum Gasteiger partial charge on any atom is -0.288 e. The molecule has 0 bridgehead atoms. The lowest BCUT2D eigenvalue weighted by atomic mass is 10.2. The summed E-state index contributed by atoms with van der Waals surface area (Å²) < 4.78 is 1.86. The SMILES string of the molecule is CCc1ccc(C(=O)/C=C/c2ccnn2CC)s1. The molecule has 0 unspecified atom stereocenters. The van der Waals surface area contributed by atoms with Gasteiger partial charge in [0.15, 0.2) is 5.78 Å². The van der Waals surface area contributed by atoms with Gasteiger partial charge in [-0.1, -0.05) is 6.92 Å². The summed E-state index contributed by atoms with van der Waals surface area (Å²) in [4.78, 5) is 14.0. The third-order valence-corrected chi connectivity index (χ3v) is 3.95. The summed E-state index contributed by atoms with van der Waals surface area (Å²) in [5, 5.41) is 4.16. The average Bonchev–Trinajstić information content (AvgIpc) is 3.04. The molecular formula is C14H16N2OS. The van der Waals surface area contributed by atoms with Crippen LogP contribution in [0, 0.1) is 0 Å². The lowest BCUT2D eigenvalue weighted by molar-refractivity contribution is 0.105. The van der Waals surface area contributed by atoms with Crippen molar-refractivity contribution in [1.29, 1.82) is 0 Å². The highest BCUT2D eigenvalue weighted by atomic mass is 32.1. The molecule has 2 aromatic heterocycles. The zero-order valence-corrected chi connectivity index (χ0v) is 11.4. The van der Waals surface area contributed by atoms with Crippen LogP contribution < -0.4 is 0 Å². The van der Waals surface area contributed by atoms with Gasteiger partial charge in [0.25, 0.3) is 0 Å². The van der Waals surface area contributed by atoms with E-state index in [-0.39, 0.29) is 5.78 Å². The van der Waals surface area contributed by atoms with Crippen molar-refractivity contribution in [3.05, 3.63) is 45.9 Å². The number of thiophene rings is 1. The maximum absolute atomic E-state index is 12.0. The number of carbonyl (C=O) groups is 1. The van der Waals surface area contributed by atoms with Crippen molar-refractivity contribution in [1.82, 2.24) is 9.78 Å². The first-order chi connectivity index (χ1) is 8.74. The zero-order valence-electron chi connectivity index (χ0n) is 10.6. The first-order valence-corrected chi connectivity index (χ1v) is 6.89. The first kappa shape index (κ1) is 12.8. The van der Waals surface area contributed by atoms with E-state index in [9.17, 15) is 4.79 Å². The molecule has 0 saturated carbocycles. The van der Waals surface area contributed by atoms with Crippen molar-refractivity contribution in [3.63, 3.8) is 0 Å². The predicted molar refractivity (Wildman–Crippen MR) is 75.0 cm³/mol. The average molecular weight is 260 g/mol. The number of carbonyl (C=O) groups excluding carboxylic acids is 1. The predicted octanol–water partition coefficient (Wildman–Crippen LogP) is 3.42. The van der Waals surface area contributed by atoms with Gasteiger partial charge in [-0.3, -0.25) is 9.48 Å². The summed E-state index contributed by atoms with van der Waals surface area (Å²) in [7, 11) is 0. The third-order valence-electron chi connectivity index (χ3n) is 2.71. The summed E-state index contributed by atoms with van der Waals surface area (Å²) in [6, 6.07) is 5.81. The van der Waals surface area contributed by atoms with Crippen LogP contribution in [0.4, 0.5) is 0 Å². The highest BCUT2D eigenvalue weighted by Crippen LogP contribution is 2.18. The van der Waals surface area contributed by atoms with Crippen LogP contribution in [0.25, 0.3) is 6.08 Å². The Kier molecular flexibility index (Phi) is 4.10. The smallest absolute Gasteiger partial charge is 0.195 e. The van der Waals surface area contributed by atoms with E-state index in [1.165, 1.54) is 4.88 Å². The molecule has 0 aliphatic heterocycles. The van der Waals surface area contributed by atoms with Gasteiger partial charge in [0.1, 0.15) is 0 Å². The fraction of sp³-hybridized carbons (Fsp3) is 0.286. The Hall–Kier alpha value is -1.68. The van der Waals surface area contributed by atoms with Crippen LogP contribution in [0.5, 0.6) is 0 Å². The van der Waals surface area contributed by atoms with Crippen molar-refractivity contribution < 1.29 is 4.79 Å². The Balaban J connectivity index is 2.11. The normalized spacial score (nSPS) is 11.2. The Morgan fingerprint density at radius 3 is 2.89 bits per heavy atom. The van der Waals surface area contributed by atoms with Crippen LogP contribution in [0.2, 0.25) is 0 Å². The van der Waals surface area contributed by atoms with Crippen molar-refractivity contribution in [2.45, 2.75) is 26.8 Å². The molecule has 0 saturated heterocycles. The van der Waals surface area contributed by atoms with E-state index < -0.39 is 0 Å². The number of nitrogens with zero attached hydrogens (tertiary/aromatic N) is 2. The molecular weight excluding hydrogens is 244 g/mol. The number of aryl methyl sites for hydroxylation is 2. The molecule has 0 aromatic carbocycles. The Morgan fingerprint density at radius 2 is 2.22 bits per heavy atom. The molecule has 0 fully saturated rings. The molecule has 0 amide bonds. The van der Waals surface area contributed by atoms with E-state index >= 15 is 0 Å². The molecule has 2 rings (SSSR count). The third kappa shape index (κ3) is 2.76. The highest BCUT2D eigenvalue weighted by molar-refractivity contribution is 7.14. The number of hydrogen-bond acceptors (Lipinski definition) is 3. The van der Waals surface area contributed by atoms with Gasteiger partial charge >= 0.3 is 0 Å². The van der Waals surface area contributed by atoms with Gasteiger partial charge in [0.2, 0.25) is 0 Å². The van der Waals surface area contributed by atoms with Crippen molar-refractivity contribution in [2.24, 2.45) is 0 Å². The summed E-state index contributed by atoms with van der Waals surface area (Å²) in [5.74, 6) is 0.0588. The van der Waals surface area contributed by atoms with E-state index in [0.29, 0.717) is 0 Å². The largest absolute Gasteiger partial charge is 0.288 e. The van der Waals surface area contributed by atoms with E-state index in [0.717, 1.165) is 23.5 Å². The van der Waals surface area contributed by atoms with Crippen LogP contribution in [-0.2, 0) is 13.0 Å². The van der Waals surface area contributed by atoms with Crippen LogP contribution in [-0.4, -0.2) is 15.6 Å². The van der Waals surface area contributed by atoms with Gasteiger partial charge < -0.3 is 0 Å². The van der Waals surface area contributed by atoms with Gasteiger partial charge in [-0.2, -0.15) is 5.10 Å². The molecule has 94 valence electrons. The Bertz CT molecular complexity index is 566. The molecule has 3 nitrogen and oxygen atoms in total. The minimum absolute atomic E-state index is 0.0588. The molecule has 2 heterocycles. The zero-order chi connectivity index (χ0) is 13.0. The van der Waals surface area contributed by atoms with Crippen LogP contribution in [0.15, 0.2) is 30.5 Å². The lowest BCUT2D eigenvalue weighted by Crippen LogP contribution is -1.98. The van der Waals surface area contributed by atoms with E-state index in [1.807, 2.05) is 35.9 Å². The molecule has 0 spiro atoms. The molecule has 0 aliphatic rings. The second kappa shape index (κ2) is 5.78. The number of ketones is 1. The van der Waals surface area contributed by atoms with Crippen molar-refractivity contribution in [2.75, 3.05) is 0 Å². The molecule has 2 aromatic rings. The second-order valence-corrected chi connectivity index (χ2v) is 5.06. The van der Waals surface area contributed by atoms with Gasteiger partial charge in [0.05, 0.1) is 10.6 Å². The summed E-state index contributed by atoms with van der Waals surface area (Å²) >= 11 is 1.56. The minimum atomic E-state index is 0.0588. The van der Waals surface area contributed by atoms with E-state index in [4.69, 9.17) is 0 Å². The maximum Gasteiger partial charge on any atom is 0.195 e. The van der Waals surface area contributed by atoms with Gasteiger partial charge in [-0.15, -0.1) is 11.3 Å². The molecule has 0 aliphatic carbocycles. The molecule has 18 heavy (non-hydrogen) atoms. The fourth-order valence-electron chi connectivity index (χ4n) is 1.69. The van der Waals surface area contributed by atoms with Crippen LogP contribution in [0.3, 0.4) is 0 Å². The Morgan fingerprint density at radius 1 is 1.39 bits per heavy atom. The maximum atomic E-state index is 12.0. The summed E-state index contributed by atoms with van der Waals surface area (Å²) in [5.41, 5.74) is 0.957. The van der Waals surface area contributed by atoms with Crippen molar-refractivity contribution >= 4 is 23.2 Å². The Labute approximate surface area is 111 Å². The van der Waals surface area contributed by atoms with Gasteiger partial charge in [-0.05, 0) is 43.7 Å². The fourth-order valence-corrected chi connectivity index (χ4v) is 2.56. The van der Waals surface area contributed by atoms with E-state index in [1.54, 1.807) is 23.6 Å². The lowest BCUT2D eigenvalue weighted by Gasteiger charge is -1.97. The molecule has 0 atom stereocenters. The summed E-state index contributed by atoms with van der Waals surface area (Å²) in [6.45, 7) is 4.93.